The molecule has 0 amide bonds. The number of hydrogen-bond donors (Lipinski definition) is 1. The minimum Gasteiger partial charge on any atom is -0.319 e. The summed E-state index contributed by atoms with van der Waals surface area (Å²) in [5, 5.41) is 3.07. The quantitative estimate of drug-likeness (QED) is 0.868. The van der Waals surface area contributed by atoms with Gasteiger partial charge in [-0.3, -0.25) is 4.79 Å². The average Bonchev–Trinajstić information content (AvgIpc) is 2.66. The van der Waals surface area contributed by atoms with E-state index in [2.05, 4.69) is 26.2 Å². The molecule has 84 valence electrons. The number of rotatable bonds is 4. The van der Waals surface area contributed by atoms with Gasteiger partial charge in [0.15, 0.2) is 6.29 Å². The van der Waals surface area contributed by atoms with Crippen LogP contribution in [-0.2, 0) is 6.42 Å². The average molecular weight is 282 g/mol. The normalized spacial score (nSPS) is 10.9. The second kappa shape index (κ2) is 4.76. The summed E-state index contributed by atoms with van der Waals surface area (Å²) < 4.78 is 2.84. The number of hydrogen-bond acceptors (Lipinski definition) is 3. The fourth-order valence-electron chi connectivity index (χ4n) is 1.68. The van der Waals surface area contributed by atoms with Crippen molar-refractivity contribution in [2.45, 2.75) is 6.42 Å². The molecule has 0 unspecified atom stereocenters. The van der Waals surface area contributed by atoms with E-state index in [4.69, 9.17) is 0 Å². The smallest absolute Gasteiger partial charge is 0.170 e. The Bertz CT molecular complexity index is 521. The van der Waals surface area contributed by atoms with Gasteiger partial charge < -0.3 is 9.72 Å². The SMILES string of the molecule is CNCCc1nc(C=O)c2c(Br)cccn12. The molecule has 0 saturated carbocycles. The molecule has 4 nitrogen and oxygen atoms in total. The van der Waals surface area contributed by atoms with Crippen LogP contribution in [0.5, 0.6) is 0 Å². The van der Waals surface area contributed by atoms with Gasteiger partial charge in [-0.05, 0) is 35.1 Å². The molecule has 0 aliphatic carbocycles. The summed E-state index contributed by atoms with van der Waals surface area (Å²) in [6.07, 6.45) is 3.51. The first-order chi connectivity index (χ1) is 7.77. The van der Waals surface area contributed by atoms with E-state index in [0.29, 0.717) is 5.69 Å². The summed E-state index contributed by atoms with van der Waals surface area (Å²) in [6.45, 7) is 0.837. The van der Waals surface area contributed by atoms with E-state index in [0.717, 1.165) is 35.1 Å². The van der Waals surface area contributed by atoms with Crippen molar-refractivity contribution in [2.75, 3.05) is 13.6 Å². The van der Waals surface area contributed by atoms with Crippen LogP contribution in [0.15, 0.2) is 22.8 Å². The summed E-state index contributed by atoms with van der Waals surface area (Å²) >= 11 is 3.43. The second-order valence-electron chi connectivity index (χ2n) is 3.46. The van der Waals surface area contributed by atoms with Crippen LogP contribution in [0, 0.1) is 0 Å². The van der Waals surface area contributed by atoms with Gasteiger partial charge in [0.05, 0.1) is 5.52 Å². The zero-order valence-corrected chi connectivity index (χ0v) is 10.5. The standard InChI is InChI=1S/C11H12BrN3O/c1-13-5-4-10-14-9(7-16)11-8(12)3-2-6-15(10)11/h2-3,6-7,13H,4-5H2,1H3. The summed E-state index contributed by atoms with van der Waals surface area (Å²) in [5.74, 6) is 0.896. The minimum absolute atomic E-state index is 0.485. The number of fused-ring (bicyclic) bond motifs is 1. The van der Waals surface area contributed by atoms with Gasteiger partial charge in [-0.2, -0.15) is 0 Å². The Labute approximate surface area is 102 Å². The zero-order chi connectivity index (χ0) is 11.5. The van der Waals surface area contributed by atoms with Crippen LogP contribution in [0.2, 0.25) is 0 Å². The van der Waals surface area contributed by atoms with E-state index in [9.17, 15) is 4.79 Å². The Kier molecular flexibility index (Phi) is 3.36. The van der Waals surface area contributed by atoms with Crippen molar-refractivity contribution in [3.05, 3.63) is 34.3 Å². The topological polar surface area (TPSA) is 46.4 Å². The van der Waals surface area contributed by atoms with E-state index < -0.39 is 0 Å². The maximum Gasteiger partial charge on any atom is 0.170 e. The summed E-state index contributed by atoms with van der Waals surface area (Å²) in [4.78, 5) is 15.3. The molecule has 0 saturated heterocycles. The van der Waals surface area contributed by atoms with Gasteiger partial charge in [-0.25, -0.2) is 4.98 Å². The Morgan fingerprint density at radius 3 is 3.12 bits per heavy atom. The van der Waals surface area contributed by atoms with Crippen molar-refractivity contribution in [1.82, 2.24) is 14.7 Å². The van der Waals surface area contributed by atoms with Crippen LogP contribution >= 0.6 is 15.9 Å². The molecular formula is C11H12BrN3O. The van der Waals surface area contributed by atoms with Crippen molar-refractivity contribution < 1.29 is 4.79 Å². The van der Waals surface area contributed by atoms with Gasteiger partial charge in [0.2, 0.25) is 0 Å². The number of halogens is 1. The molecule has 0 aliphatic rings. The van der Waals surface area contributed by atoms with Crippen molar-refractivity contribution in [1.29, 1.82) is 0 Å². The third kappa shape index (κ3) is 1.88. The molecule has 0 aliphatic heterocycles. The maximum absolute atomic E-state index is 10.9. The summed E-state index contributed by atoms with van der Waals surface area (Å²) in [6, 6.07) is 3.84. The van der Waals surface area contributed by atoms with E-state index in [1.54, 1.807) is 0 Å². The molecule has 5 heteroatoms. The molecule has 0 bridgehead atoms. The molecule has 2 aromatic rings. The third-order valence-electron chi connectivity index (χ3n) is 2.43. The summed E-state index contributed by atoms with van der Waals surface area (Å²) in [7, 11) is 1.90. The first-order valence-corrected chi connectivity index (χ1v) is 5.82. The Morgan fingerprint density at radius 2 is 2.44 bits per heavy atom. The predicted molar refractivity (Wildman–Crippen MR) is 65.9 cm³/mol. The molecule has 16 heavy (non-hydrogen) atoms. The molecule has 0 radical (unpaired) electrons. The van der Waals surface area contributed by atoms with Gasteiger partial charge in [0.25, 0.3) is 0 Å². The Hall–Kier alpha value is -1.20. The third-order valence-corrected chi connectivity index (χ3v) is 3.07. The van der Waals surface area contributed by atoms with Crippen molar-refractivity contribution in [3.63, 3.8) is 0 Å². The fraction of sp³-hybridized carbons (Fsp3) is 0.273. The highest BCUT2D eigenvalue weighted by Crippen LogP contribution is 2.21. The molecule has 2 rings (SSSR count). The van der Waals surface area contributed by atoms with Crippen molar-refractivity contribution in [3.8, 4) is 0 Å². The lowest BCUT2D eigenvalue weighted by Gasteiger charge is -2.01. The number of aldehydes is 1. The Balaban J connectivity index is 2.59. The minimum atomic E-state index is 0.485. The highest BCUT2D eigenvalue weighted by Gasteiger charge is 2.11. The molecular weight excluding hydrogens is 270 g/mol. The van der Waals surface area contributed by atoms with Crippen molar-refractivity contribution in [2.24, 2.45) is 0 Å². The van der Waals surface area contributed by atoms with E-state index >= 15 is 0 Å². The van der Waals surface area contributed by atoms with E-state index in [1.165, 1.54) is 0 Å². The molecule has 2 aromatic heterocycles. The van der Waals surface area contributed by atoms with Crippen LogP contribution in [0.3, 0.4) is 0 Å². The number of carbonyl (C=O) groups excluding carboxylic acids is 1. The largest absolute Gasteiger partial charge is 0.319 e. The van der Waals surface area contributed by atoms with Crippen LogP contribution in [0.25, 0.3) is 5.52 Å². The molecule has 1 N–H and O–H groups in total. The number of carbonyl (C=O) groups is 1. The molecule has 0 fully saturated rings. The molecule has 0 atom stereocenters. The van der Waals surface area contributed by atoms with Gasteiger partial charge >= 0.3 is 0 Å². The lowest BCUT2D eigenvalue weighted by Crippen LogP contribution is -2.12. The number of likely N-dealkylation sites (N-methyl/N-ethyl adjacent to an activating group) is 1. The molecule has 0 aromatic carbocycles. The van der Waals surface area contributed by atoms with Crippen molar-refractivity contribution >= 4 is 27.7 Å². The number of nitrogens with zero attached hydrogens (tertiary/aromatic N) is 2. The lowest BCUT2D eigenvalue weighted by atomic mass is 10.3. The summed E-state index contributed by atoms with van der Waals surface area (Å²) in [5.41, 5.74) is 1.32. The zero-order valence-electron chi connectivity index (χ0n) is 8.90. The molecule has 0 spiro atoms. The fourth-order valence-corrected chi connectivity index (χ4v) is 2.23. The second-order valence-corrected chi connectivity index (χ2v) is 4.31. The van der Waals surface area contributed by atoms with E-state index in [1.807, 2.05) is 29.8 Å². The van der Waals surface area contributed by atoms with Gasteiger partial charge in [0, 0.05) is 23.6 Å². The number of pyridine rings is 1. The van der Waals surface area contributed by atoms with Gasteiger partial charge in [0.1, 0.15) is 11.5 Å². The van der Waals surface area contributed by atoms with Crippen LogP contribution in [-0.4, -0.2) is 29.3 Å². The van der Waals surface area contributed by atoms with E-state index in [-0.39, 0.29) is 0 Å². The maximum atomic E-state index is 10.9. The first-order valence-electron chi connectivity index (χ1n) is 5.03. The van der Waals surface area contributed by atoms with Gasteiger partial charge in [-0.15, -0.1) is 0 Å². The number of aromatic nitrogens is 2. The first kappa shape index (κ1) is 11.3. The highest BCUT2D eigenvalue weighted by molar-refractivity contribution is 9.10. The van der Waals surface area contributed by atoms with Crippen LogP contribution < -0.4 is 5.32 Å². The number of imidazole rings is 1. The molecule has 2 heterocycles. The van der Waals surface area contributed by atoms with Gasteiger partial charge in [-0.1, -0.05) is 0 Å². The lowest BCUT2D eigenvalue weighted by molar-refractivity contribution is 0.112. The van der Waals surface area contributed by atoms with Crippen LogP contribution in [0.4, 0.5) is 0 Å². The monoisotopic (exact) mass is 281 g/mol. The highest BCUT2D eigenvalue weighted by atomic mass is 79.9. The Morgan fingerprint density at radius 1 is 1.62 bits per heavy atom. The number of nitrogens with one attached hydrogen (secondary N) is 1. The van der Waals surface area contributed by atoms with Crippen LogP contribution in [0.1, 0.15) is 16.3 Å². The predicted octanol–water partition coefficient (Wildman–Crippen LogP) is 1.67.